The molecule has 3 heterocycles. The molecule has 2 saturated heterocycles. The van der Waals surface area contributed by atoms with Crippen LogP contribution in [0.3, 0.4) is 0 Å². The Morgan fingerprint density at radius 1 is 1.03 bits per heavy atom. The predicted molar refractivity (Wildman–Crippen MR) is 115 cm³/mol. The standard InChI is InChI=1S/C24H26N4O2/c1-26-17-25-20-8-7-19(15-21(20)26)22(29)27-12-9-24(10-13-27)11-14-28(23(24)30)16-18-5-3-2-4-6-18/h2-8,15,17H,9-14,16H2,1H3. The zero-order valence-electron chi connectivity index (χ0n) is 17.3. The van der Waals surface area contributed by atoms with Gasteiger partial charge in [-0.05, 0) is 43.0 Å². The summed E-state index contributed by atoms with van der Waals surface area (Å²) in [4.78, 5) is 34.5. The molecule has 30 heavy (non-hydrogen) atoms. The highest BCUT2D eigenvalue weighted by atomic mass is 16.2. The minimum atomic E-state index is -0.294. The molecule has 0 aliphatic carbocycles. The van der Waals surface area contributed by atoms with Gasteiger partial charge >= 0.3 is 0 Å². The maximum atomic E-state index is 13.2. The van der Waals surface area contributed by atoms with E-state index in [0.717, 1.165) is 36.8 Å². The Hall–Kier alpha value is -3.15. The Morgan fingerprint density at radius 2 is 1.77 bits per heavy atom. The molecule has 0 bridgehead atoms. The van der Waals surface area contributed by atoms with Crippen LogP contribution in [0.15, 0.2) is 54.9 Å². The monoisotopic (exact) mass is 402 g/mol. The molecule has 2 aliphatic rings. The van der Waals surface area contributed by atoms with Crippen LogP contribution in [0.4, 0.5) is 0 Å². The number of imidazole rings is 1. The Morgan fingerprint density at radius 3 is 2.53 bits per heavy atom. The second kappa shape index (κ2) is 7.27. The number of hydrogen-bond acceptors (Lipinski definition) is 3. The summed E-state index contributed by atoms with van der Waals surface area (Å²) >= 11 is 0. The summed E-state index contributed by atoms with van der Waals surface area (Å²) in [6.45, 7) is 2.74. The number of fused-ring (bicyclic) bond motifs is 1. The molecule has 2 aliphatic heterocycles. The van der Waals surface area contributed by atoms with Crippen molar-refractivity contribution in [3.05, 3.63) is 66.0 Å². The van der Waals surface area contributed by atoms with Crippen molar-refractivity contribution in [2.45, 2.75) is 25.8 Å². The lowest BCUT2D eigenvalue weighted by molar-refractivity contribution is -0.138. The fourth-order valence-electron chi connectivity index (χ4n) is 4.89. The number of aromatic nitrogens is 2. The average Bonchev–Trinajstić information content (AvgIpc) is 3.30. The number of benzene rings is 2. The van der Waals surface area contributed by atoms with Gasteiger partial charge in [0.25, 0.3) is 5.91 Å². The van der Waals surface area contributed by atoms with Crippen molar-refractivity contribution < 1.29 is 9.59 Å². The van der Waals surface area contributed by atoms with Gasteiger partial charge in [0.15, 0.2) is 0 Å². The third-order valence-electron chi connectivity index (χ3n) is 6.80. The van der Waals surface area contributed by atoms with Crippen LogP contribution in [0.1, 0.15) is 35.2 Å². The van der Waals surface area contributed by atoms with E-state index in [4.69, 9.17) is 0 Å². The molecular formula is C24H26N4O2. The summed E-state index contributed by atoms with van der Waals surface area (Å²) in [5, 5.41) is 0. The number of hydrogen-bond donors (Lipinski definition) is 0. The van der Waals surface area contributed by atoms with Crippen molar-refractivity contribution in [2.24, 2.45) is 12.5 Å². The molecule has 2 fully saturated rings. The summed E-state index contributed by atoms with van der Waals surface area (Å²) in [6, 6.07) is 15.8. The molecule has 5 rings (SSSR count). The van der Waals surface area contributed by atoms with E-state index in [1.54, 1.807) is 6.33 Å². The van der Waals surface area contributed by atoms with E-state index in [-0.39, 0.29) is 17.2 Å². The first-order chi connectivity index (χ1) is 14.6. The van der Waals surface area contributed by atoms with E-state index in [2.05, 4.69) is 17.1 Å². The van der Waals surface area contributed by atoms with E-state index >= 15 is 0 Å². The summed E-state index contributed by atoms with van der Waals surface area (Å²) in [5.74, 6) is 0.300. The van der Waals surface area contributed by atoms with Gasteiger partial charge in [0.1, 0.15) is 0 Å². The fourth-order valence-corrected chi connectivity index (χ4v) is 4.89. The number of amides is 2. The number of nitrogens with zero attached hydrogens (tertiary/aromatic N) is 4. The number of aryl methyl sites for hydroxylation is 1. The molecule has 0 radical (unpaired) electrons. The molecule has 154 valence electrons. The van der Waals surface area contributed by atoms with Crippen LogP contribution >= 0.6 is 0 Å². The molecular weight excluding hydrogens is 376 g/mol. The minimum Gasteiger partial charge on any atom is -0.339 e. The molecule has 3 aromatic rings. The fraction of sp³-hybridized carbons (Fsp3) is 0.375. The molecule has 6 heteroatoms. The Labute approximate surface area is 176 Å². The van der Waals surface area contributed by atoms with Crippen molar-refractivity contribution in [2.75, 3.05) is 19.6 Å². The van der Waals surface area contributed by atoms with E-state index in [1.807, 2.05) is 57.8 Å². The molecule has 0 atom stereocenters. The number of likely N-dealkylation sites (tertiary alicyclic amines) is 2. The van der Waals surface area contributed by atoms with Gasteiger partial charge in [-0.15, -0.1) is 0 Å². The average molecular weight is 402 g/mol. The molecule has 1 spiro atoms. The van der Waals surface area contributed by atoms with Gasteiger partial charge in [-0.1, -0.05) is 30.3 Å². The van der Waals surface area contributed by atoms with Crippen LogP contribution in [-0.4, -0.2) is 50.8 Å². The molecule has 6 nitrogen and oxygen atoms in total. The quantitative estimate of drug-likeness (QED) is 0.676. The first-order valence-corrected chi connectivity index (χ1v) is 10.6. The first-order valence-electron chi connectivity index (χ1n) is 10.6. The van der Waals surface area contributed by atoms with Crippen LogP contribution in [0, 0.1) is 5.41 Å². The van der Waals surface area contributed by atoms with Gasteiger partial charge in [-0.2, -0.15) is 0 Å². The number of rotatable bonds is 3. The van der Waals surface area contributed by atoms with Crippen LogP contribution < -0.4 is 0 Å². The van der Waals surface area contributed by atoms with E-state index in [9.17, 15) is 9.59 Å². The lowest BCUT2D eigenvalue weighted by atomic mass is 9.77. The SMILES string of the molecule is Cn1cnc2ccc(C(=O)N3CCC4(CC3)CCN(Cc3ccccc3)C4=O)cc21. The number of piperidine rings is 1. The molecule has 2 amide bonds. The molecule has 0 unspecified atom stereocenters. The van der Waals surface area contributed by atoms with Crippen LogP contribution in [0.2, 0.25) is 0 Å². The molecule has 0 saturated carbocycles. The topological polar surface area (TPSA) is 58.4 Å². The van der Waals surface area contributed by atoms with Crippen molar-refractivity contribution in [3.63, 3.8) is 0 Å². The van der Waals surface area contributed by atoms with Gasteiger partial charge in [0, 0.05) is 38.8 Å². The summed E-state index contributed by atoms with van der Waals surface area (Å²) in [5.41, 5.74) is 3.41. The van der Waals surface area contributed by atoms with Gasteiger partial charge in [-0.25, -0.2) is 4.98 Å². The molecule has 0 N–H and O–H groups in total. The summed E-state index contributed by atoms with van der Waals surface area (Å²) < 4.78 is 1.93. The van der Waals surface area contributed by atoms with Gasteiger partial charge < -0.3 is 14.4 Å². The third kappa shape index (κ3) is 3.16. The highest BCUT2D eigenvalue weighted by Gasteiger charge is 2.48. The van der Waals surface area contributed by atoms with E-state index in [0.29, 0.717) is 25.2 Å². The second-order valence-electron chi connectivity index (χ2n) is 8.59. The Bertz CT molecular complexity index is 1100. The number of carbonyl (C=O) groups is 2. The summed E-state index contributed by atoms with van der Waals surface area (Å²) in [7, 11) is 1.93. The van der Waals surface area contributed by atoms with Crippen molar-refractivity contribution >= 4 is 22.8 Å². The predicted octanol–water partition coefficient (Wildman–Crippen LogP) is 3.23. The summed E-state index contributed by atoms with van der Waals surface area (Å²) in [6.07, 6.45) is 4.14. The maximum absolute atomic E-state index is 13.2. The smallest absolute Gasteiger partial charge is 0.253 e. The van der Waals surface area contributed by atoms with Crippen LogP contribution in [0.25, 0.3) is 11.0 Å². The van der Waals surface area contributed by atoms with E-state index < -0.39 is 0 Å². The Balaban J connectivity index is 1.26. The minimum absolute atomic E-state index is 0.0412. The molecule has 1 aromatic heterocycles. The van der Waals surface area contributed by atoms with Gasteiger partial charge in [0.05, 0.1) is 22.8 Å². The van der Waals surface area contributed by atoms with E-state index in [1.165, 1.54) is 5.56 Å². The third-order valence-corrected chi connectivity index (χ3v) is 6.80. The van der Waals surface area contributed by atoms with Crippen molar-refractivity contribution in [1.29, 1.82) is 0 Å². The van der Waals surface area contributed by atoms with Crippen LogP contribution in [0.5, 0.6) is 0 Å². The largest absolute Gasteiger partial charge is 0.339 e. The van der Waals surface area contributed by atoms with Crippen molar-refractivity contribution in [1.82, 2.24) is 19.4 Å². The van der Waals surface area contributed by atoms with Gasteiger partial charge in [0.2, 0.25) is 5.91 Å². The maximum Gasteiger partial charge on any atom is 0.253 e. The Kier molecular flexibility index (Phi) is 4.57. The second-order valence-corrected chi connectivity index (χ2v) is 8.59. The lowest BCUT2D eigenvalue weighted by Crippen LogP contribution is -2.46. The lowest BCUT2D eigenvalue weighted by Gasteiger charge is -2.38. The first kappa shape index (κ1) is 18.9. The highest BCUT2D eigenvalue weighted by Crippen LogP contribution is 2.42. The highest BCUT2D eigenvalue weighted by molar-refractivity contribution is 5.97. The van der Waals surface area contributed by atoms with Crippen molar-refractivity contribution in [3.8, 4) is 0 Å². The number of carbonyl (C=O) groups excluding carboxylic acids is 2. The molecule has 2 aromatic carbocycles. The van der Waals surface area contributed by atoms with Gasteiger partial charge in [-0.3, -0.25) is 9.59 Å². The normalized spacial score (nSPS) is 18.5. The zero-order valence-corrected chi connectivity index (χ0v) is 17.3. The van der Waals surface area contributed by atoms with Crippen LogP contribution in [-0.2, 0) is 18.4 Å². The zero-order chi connectivity index (χ0) is 20.7.